The van der Waals surface area contributed by atoms with Crippen LogP contribution in [-0.4, -0.2) is 38.9 Å². The van der Waals surface area contributed by atoms with Gasteiger partial charge in [0.25, 0.3) is 5.91 Å². The number of nitrogens with one attached hydrogen (secondary N) is 2. The van der Waals surface area contributed by atoms with E-state index in [4.69, 9.17) is 27.9 Å². The van der Waals surface area contributed by atoms with Crippen LogP contribution in [-0.2, 0) is 16.1 Å². The standard InChI is InChI=1S/C26H23Cl2N5O3S/c1-17-6-5-7-18(12-17)30-25(35)16-37-26-32-31-23(33(26)19-10-11-21(27)22(28)13-19)14-29-24(34)15-36-20-8-3-2-4-9-20/h2-13H,14-16H2,1H3,(H,29,34)(H,30,35). The first-order valence-electron chi connectivity index (χ1n) is 11.2. The summed E-state index contributed by atoms with van der Waals surface area (Å²) in [4.78, 5) is 24.9. The van der Waals surface area contributed by atoms with Crippen LogP contribution in [0.25, 0.3) is 5.69 Å². The van der Waals surface area contributed by atoms with Crippen molar-refractivity contribution < 1.29 is 14.3 Å². The van der Waals surface area contributed by atoms with E-state index in [-0.39, 0.29) is 30.7 Å². The molecule has 0 fully saturated rings. The molecule has 37 heavy (non-hydrogen) atoms. The first kappa shape index (κ1) is 26.5. The second-order valence-corrected chi connectivity index (χ2v) is 9.67. The van der Waals surface area contributed by atoms with E-state index >= 15 is 0 Å². The Morgan fingerprint density at radius 3 is 2.51 bits per heavy atom. The van der Waals surface area contributed by atoms with Crippen LogP contribution < -0.4 is 15.4 Å². The second-order valence-electron chi connectivity index (χ2n) is 7.92. The van der Waals surface area contributed by atoms with Crippen molar-refractivity contribution in [3.05, 3.63) is 94.2 Å². The Kier molecular flexibility index (Phi) is 9.05. The average molecular weight is 556 g/mol. The fourth-order valence-corrected chi connectivity index (χ4v) is 4.40. The highest BCUT2D eigenvalue weighted by atomic mass is 35.5. The molecule has 2 amide bonds. The number of aryl methyl sites for hydroxylation is 1. The molecule has 4 rings (SSSR count). The lowest BCUT2D eigenvalue weighted by Gasteiger charge is -2.12. The Balaban J connectivity index is 1.45. The van der Waals surface area contributed by atoms with E-state index in [2.05, 4.69) is 20.8 Å². The van der Waals surface area contributed by atoms with Gasteiger partial charge >= 0.3 is 0 Å². The first-order chi connectivity index (χ1) is 17.9. The van der Waals surface area contributed by atoms with Crippen LogP contribution in [0.1, 0.15) is 11.4 Å². The number of carbonyl (C=O) groups is 2. The minimum Gasteiger partial charge on any atom is -0.484 e. The predicted octanol–water partition coefficient (Wildman–Crippen LogP) is 5.31. The molecular weight excluding hydrogens is 533 g/mol. The number of thioether (sulfide) groups is 1. The third kappa shape index (κ3) is 7.48. The van der Waals surface area contributed by atoms with Gasteiger partial charge in [-0.05, 0) is 55.0 Å². The van der Waals surface area contributed by atoms with Crippen molar-refractivity contribution in [1.29, 1.82) is 0 Å². The monoisotopic (exact) mass is 555 g/mol. The molecule has 0 atom stereocenters. The molecule has 8 nitrogen and oxygen atoms in total. The topological polar surface area (TPSA) is 98.1 Å². The van der Waals surface area contributed by atoms with Crippen molar-refractivity contribution in [2.75, 3.05) is 17.7 Å². The number of amides is 2. The van der Waals surface area contributed by atoms with E-state index in [0.29, 0.717) is 32.5 Å². The van der Waals surface area contributed by atoms with Gasteiger partial charge in [-0.25, -0.2) is 0 Å². The summed E-state index contributed by atoms with van der Waals surface area (Å²) in [5.74, 6) is 0.642. The van der Waals surface area contributed by atoms with Crippen LogP contribution >= 0.6 is 35.0 Å². The number of carbonyl (C=O) groups excluding carboxylic acids is 2. The predicted molar refractivity (Wildman–Crippen MR) is 146 cm³/mol. The third-order valence-electron chi connectivity index (χ3n) is 5.05. The van der Waals surface area contributed by atoms with Gasteiger partial charge in [0.1, 0.15) is 5.75 Å². The lowest BCUT2D eigenvalue weighted by Crippen LogP contribution is -2.29. The molecule has 0 aliphatic heterocycles. The Morgan fingerprint density at radius 1 is 0.946 bits per heavy atom. The molecule has 2 N–H and O–H groups in total. The minimum absolute atomic E-state index is 0.0836. The number of halogens is 2. The Labute approximate surface area is 228 Å². The van der Waals surface area contributed by atoms with Gasteiger partial charge in [0.2, 0.25) is 5.91 Å². The SMILES string of the molecule is Cc1cccc(NC(=O)CSc2nnc(CNC(=O)COc3ccccc3)n2-c2ccc(Cl)c(Cl)c2)c1. The van der Waals surface area contributed by atoms with Crippen LogP contribution in [0.5, 0.6) is 5.75 Å². The zero-order valence-corrected chi connectivity index (χ0v) is 22.1. The maximum Gasteiger partial charge on any atom is 0.258 e. The van der Waals surface area contributed by atoms with Gasteiger partial charge in [0.15, 0.2) is 17.6 Å². The number of aromatic nitrogens is 3. The quantitative estimate of drug-likeness (QED) is 0.257. The average Bonchev–Trinajstić information content (AvgIpc) is 3.30. The molecule has 3 aromatic carbocycles. The molecule has 190 valence electrons. The summed E-state index contributed by atoms with van der Waals surface area (Å²) < 4.78 is 7.22. The van der Waals surface area contributed by atoms with Crippen LogP contribution in [0.3, 0.4) is 0 Å². The highest BCUT2D eigenvalue weighted by Gasteiger charge is 2.18. The molecule has 11 heteroatoms. The summed E-state index contributed by atoms with van der Waals surface area (Å²) in [6.07, 6.45) is 0. The van der Waals surface area contributed by atoms with Crippen LogP contribution in [0.2, 0.25) is 10.0 Å². The minimum atomic E-state index is -0.320. The molecule has 1 aromatic heterocycles. The van der Waals surface area contributed by atoms with Gasteiger partial charge in [-0.15, -0.1) is 10.2 Å². The Hall–Kier alpha value is -3.53. The fraction of sp³-hybridized carbons (Fsp3) is 0.154. The number of benzene rings is 3. The van der Waals surface area contributed by atoms with E-state index in [1.807, 2.05) is 49.4 Å². The summed E-state index contributed by atoms with van der Waals surface area (Å²) in [6, 6.07) is 21.7. The molecule has 0 radical (unpaired) electrons. The Morgan fingerprint density at radius 2 is 1.76 bits per heavy atom. The van der Waals surface area contributed by atoms with Gasteiger partial charge in [0, 0.05) is 5.69 Å². The number of ether oxygens (including phenoxy) is 1. The van der Waals surface area contributed by atoms with Gasteiger partial charge in [-0.3, -0.25) is 14.2 Å². The molecule has 4 aromatic rings. The van der Waals surface area contributed by atoms with Crippen molar-refractivity contribution in [2.24, 2.45) is 0 Å². The van der Waals surface area contributed by atoms with Crippen molar-refractivity contribution in [1.82, 2.24) is 20.1 Å². The molecule has 0 aliphatic carbocycles. The third-order valence-corrected chi connectivity index (χ3v) is 6.72. The molecular formula is C26H23Cl2N5O3S. The molecule has 0 saturated carbocycles. The van der Waals surface area contributed by atoms with Crippen LogP contribution in [0.15, 0.2) is 78.0 Å². The summed E-state index contributed by atoms with van der Waals surface area (Å²) in [6.45, 7) is 1.89. The van der Waals surface area contributed by atoms with Crippen molar-refractivity contribution in [3.63, 3.8) is 0 Å². The number of nitrogens with zero attached hydrogens (tertiary/aromatic N) is 3. The summed E-state index contributed by atoms with van der Waals surface area (Å²) in [5, 5.41) is 15.4. The van der Waals surface area contributed by atoms with E-state index in [1.165, 1.54) is 11.8 Å². The maximum atomic E-state index is 12.6. The summed E-state index contributed by atoms with van der Waals surface area (Å²) in [5.41, 5.74) is 2.41. The van der Waals surface area contributed by atoms with Crippen molar-refractivity contribution in [2.45, 2.75) is 18.6 Å². The van der Waals surface area contributed by atoms with Gasteiger partial charge in [-0.2, -0.15) is 0 Å². The highest BCUT2D eigenvalue weighted by Crippen LogP contribution is 2.28. The smallest absolute Gasteiger partial charge is 0.258 e. The largest absolute Gasteiger partial charge is 0.484 e. The van der Waals surface area contributed by atoms with Crippen LogP contribution in [0.4, 0.5) is 5.69 Å². The summed E-state index contributed by atoms with van der Waals surface area (Å²) in [7, 11) is 0. The molecule has 0 unspecified atom stereocenters. The zero-order chi connectivity index (χ0) is 26.2. The van der Waals surface area contributed by atoms with Gasteiger partial charge in [0.05, 0.1) is 28.0 Å². The Bertz CT molecular complexity index is 1400. The molecule has 0 aliphatic rings. The van der Waals surface area contributed by atoms with E-state index in [1.54, 1.807) is 34.9 Å². The molecule has 1 heterocycles. The van der Waals surface area contributed by atoms with E-state index in [0.717, 1.165) is 11.3 Å². The molecule has 0 saturated heterocycles. The zero-order valence-electron chi connectivity index (χ0n) is 19.8. The highest BCUT2D eigenvalue weighted by molar-refractivity contribution is 7.99. The van der Waals surface area contributed by atoms with Crippen molar-refractivity contribution in [3.8, 4) is 11.4 Å². The van der Waals surface area contributed by atoms with Crippen LogP contribution in [0, 0.1) is 6.92 Å². The maximum absolute atomic E-state index is 12.6. The summed E-state index contributed by atoms with van der Waals surface area (Å²) >= 11 is 13.6. The fourth-order valence-electron chi connectivity index (χ4n) is 3.34. The molecule has 0 bridgehead atoms. The number of rotatable bonds is 10. The normalized spacial score (nSPS) is 10.7. The number of hydrogen-bond donors (Lipinski definition) is 2. The number of para-hydroxylation sites is 1. The molecule has 0 spiro atoms. The lowest BCUT2D eigenvalue weighted by molar-refractivity contribution is -0.123. The van der Waals surface area contributed by atoms with E-state index in [9.17, 15) is 9.59 Å². The van der Waals surface area contributed by atoms with Gasteiger partial charge < -0.3 is 15.4 Å². The second kappa shape index (κ2) is 12.6. The van der Waals surface area contributed by atoms with Crippen molar-refractivity contribution >= 4 is 52.5 Å². The van der Waals surface area contributed by atoms with E-state index < -0.39 is 0 Å². The number of anilines is 1. The lowest BCUT2D eigenvalue weighted by atomic mass is 10.2. The number of hydrogen-bond acceptors (Lipinski definition) is 6. The first-order valence-corrected chi connectivity index (χ1v) is 13.0. The van der Waals surface area contributed by atoms with Gasteiger partial charge in [-0.1, -0.05) is 65.3 Å².